The van der Waals surface area contributed by atoms with Crippen molar-refractivity contribution in [3.05, 3.63) is 29.8 Å². The summed E-state index contributed by atoms with van der Waals surface area (Å²) >= 11 is 1.06. The number of hydrogen-bond acceptors (Lipinski definition) is 4. The molecule has 1 aliphatic heterocycles. The maximum atomic E-state index is 12.7. The van der Waals surface area contributed by atoms with E-state index in [1.54, 1.807) is 13.8 Å². The third kappa shape index (κ3) is 3.55. The molecule has 8 heteroatoms. The second-order valence-corrected chi connectivity index (χ2v) is 6.05. The van der Waals surface area contributed by atoms with Crippen molar-refractivity contribution in [2.45, 2.75) is 25.5 Å². The summed E-state index contributed by atoms with van der Waals surface area (Å²) in [5, 5.41) is 0. The predicted molar refractivity (Wildman–Crippen MR) is 76.1 cm³/mol. The molecule has 0 spiro atoms. The number of nitrogens with zero attached hydrogens (tertiary/aromatic N) is 1. The fourth-order valence-corrected chi connectivity index (χ4v) is 2.78. The van der Waals surface area contributed by atoms with E-state index in [0.29, 0.717) is 0 Å². The highest BCUT2D eigenvalue weighted by atomic mass is 32.2. The van der Waals surface area contributed by atoms with Gasteiger partial charge in [-0.1, -0.05) is 31.7 Å². The zero-order valence-electron chi connectivity index (χ0n) is 11.9. The quantitative estimate of drug-likeness (QED) is 0.797. The minimum atomic E-state index is -4.48. The van der Waals surface area contributed by atoms with E-state index >= 15 is 0 Å². The molecular weight excluding hydrogens is 319 g/mol. The van der Waals surface area contributed by atoms with Crippen LogP contribution in [0.15, 0.2) is 24.3 Å². The molecule has 1 saturated heterocycles. The van der Waals surface area contributed by atoms with E-state index in [1.165, 1.54) is 17.0 Å². The van der Waals surface area contributed by atoms with Gasteiger partial charge in [-0.15, -0.1) is 0 Å². The molecule has 0 bridgehead atoms. The van der Waals surface area contributed by atoms with E-state index in [1.807, 2.05) is 0 Å². The SMILES string of the molecule is CC(C)C(=O)OC1SCN(c2cccc(C(F)(F)F)c2)C1=O. The van der Waals surface area contributed by atoms with Gasteiger partial charge in [0.15, 0.2) is 0 Å². The molecule has 1 aliphatic rings. The third-order valence-corrected chi connectivity index (χ3v) is 4.01. The summed E-state index contributed by atoms with van der Waals surface area (Å²) in [4.78, 5) is 24.9. The number of thioether (sulfide) groups is 1. The van der Waals surface area contributed by atoms with Gasteiger partial charge in [0.1, 0.15) is 0 Å². The first-order valence-electron chi connectivity index (χ1n) is 6.51. The Balaban J connectivity index is 2.15. The first kappa shape index (κ1) is 16.7. The Labute approximate surface area is 129 Å². The highest BCUT2D eigenvalue weighted by Crippen LogP contribution is 2.35. The third-order valence-electron chi connectivity index (χ3n) is 3.00. The Morgan fingerprint density at radius 3 is 2.68 bits per heavy atom. The maximum absolute atomic E-state index is 12.7. The molecule has 0 aliphatic carbocycles. The fourth-order valence-electron chi connectivity index (χ4n) is 1.78. The second-order valence-electron chi connectivity index (χ2n) is 5.03. The average molecular weight is 333 g/mol. The molecule has 1 fully saturated rings. The molecule has 1 unspecified atom stereocenters. The molecule has 1 atom stereocenters. The van der Waals surface area contributed by atoms with Crippen molar-refractivity contribution in [1.29, 1.82) is 0 Å². The molecule has 0 aromatic heterocycles. The van der Waals surface area contributed by atoms with Gasteiger partial charge in [0.2, 0.25) is 5.44 Å². The van der Waals surface area contributed by atoms with Crippen LogP contribution in [-0.4, -0.2) is 23.2 Å². The van der Waals surface area contributed by atoms with E-state index in [9.17, 15) is 22.8 Å². The van der Waals surface area contributed by atoms with E-state index in [2.05, 4.69) is 0 Å². The van der Waals surface area contributed by atoms with Crippen molar-refractivity contribution in [1.82, 2.24) is 0 Å². The largest absolute Gasteiger partial charge is 0.441 e. The molecule has 1 amide bonds. The van der Waals surface area contributed by atoms with E-state index < -0.39 is 29.1 Å². The summed E-state index contributed by atoms with van der Waals surface area (Å²) in [7, 11) is 0. The molecule has 22 heavy (non-hydrogen) atoms. The lowest BCUT2D eigenvalue weighted by Crippen LogP contribution is -2.32. The van der Waals surface area contributed by atoms with Gasteiger partial charge < -0.3 is 4.74 Å². The number of anilines is 1. The monoisotopic (exact) mass is 333 g/mol. The van der Waals surface area contributed by atoms with Crippen molar-refractivity contribution in [3.8, 4) is 0 Å². The van der Waals surface area contributed by atoms with Crippen LogP contribution in [0.1, 0.15) is 19.4 Å². The zero-order valence-corrected chi connectivity index (χ0v) is 12.7. The van der Waals surface area contributed by atoms with E-state index in [4.69, 9.17) is 4.74 Å². The van der Waals surface area contributed by atoms with Gasteiger partial charge in [-0.3, -0.25) is 14.5 Å². The van der Waals surface area contributed by atoms with E-state index in [-0.39, 0.29) is 17.5 Å². The topological polar surface area (TPSA) is 46.6 Å². The number of benzene rings is 1. The molecular formula is C14H14F3NO3S. The Kier molecular flexibility index (Phi) is 4.69. The number of rotatable bonds is 3. The normalized spacial score (nSPS) is 18.9. The van der Waals surface area contributed by atoms with Crippen molar-refractivity contribution >= 4 is 29.3 Å². The number of ether oxygens (including phenoxy) is 1. The number of hydrogen-bond donors (Lipinski definition) is 0. The highest BCUT2D eigenvalue weighted by molar-refractivity contribution is 8.01. The van der Waals surface area contributed by atoms with Gasteiger partial charge in [-0.2, -0.15) is 13.2 Å². The number of amides is 1. The number of alkyl halides is 3. The molecule has 0 N–H and O–H groups in total. The summed E-state index contributed by atoms with van der Waals surface area (Å²) in [6.45, 7) is 3.27. The molecule has 4 nitrogen and oxygen atoms in total. The van der Waals surface area contributed by atoms with Gasteiger partial charge in [0.05, 0.1) is 17.4 Å². The molecule has 1 aromatic carbocycles. The smallest absolute Gasteiger partial charge is 0.416 e. The van der Waals surface area contributed by atoms with Crippen LogP contribution in [0.4, 0.5) is 18.9 Å². The lowest BCUT2D eigenvalue weighted by atomic mass is 10.2. The number of carbonyl (C=O) groups excluding carboxylic acids is 2. The Morgan fingerprint density at radius 1 is 1.41 bits per heavy atom. The molecule has 1 heterocycles. The van der Waals surface area contributed by atoms with Crippen molar-refractivity contribution in [2.75, 3.05) is 10.8 Å². The van der Waals surface area contributed by atoms with Crippen LogP contribution in [0, 0.1) is 5.92 Å². The van der Waals surface area contributed by atoms with Gasteiger partial charge in [0, 0.05) is 5.69 Å². The molecule has 0 radical (unpaired) electrons. The van der Waals surface area contributed by atoms with Crippen LogP contribution in [0.25, 0.3) is 0 Å². The fraction of sp³-hybridized carbons (Fsp3) is 0.429. The van der Waals surface area contributed by atoms with Crippen LogP contribution >= 0.6 is 11.8 Å². The number of esters is 1. The Bertz CT molecular complexity index is 589. The van der Waals surface area contributed by atoms with Gasteiger partial charge in [-0.25, -0.2) is 0 Å². The van der Waals surface area contributed by atoms with Crippen LogP contribution in [0.3, 0.4) is 0 Å². The number of carbonyl (C=O) groups is 2. The molecule has 120 valence electrons. The average Bonchev–Trinajstić information content (AvgIpc) is 2.79. The lowest BCUT2D eigenvalue weighted by molar-refractivity contribution is -0.152. The summed E-state index contributed by atoms with van der Waals surface area (Å²) in [6.07, 6.45) is -4.48. The minimum Gasteiger partial charge on any atom is -0.441 e. The summed E-state index contributed by atoms with van der Waals surface area (Å²) in [6, 6.07) is 4.50. The van der Waals surface area contributed by atoms with Gasteiger partial charge in [0.25, 0.3) is 5.91 Å². The number of halogens is 3. The summed E-state index contributed by atoms with van der Waals surface area (Å²) in [5.41, 5.74) is -1.70. The molecule has 0 saturated carbocycles. The van der Waals surface area contributed by atoms with Crippen molar-refractivity contribution in [2.24, 2.45) is 5.92 Å². The summed E-state index contributed by atoms with van der Waals surface area (Å²) in [5.74, 6) is -1.29. The molecule has 2 rings (SSSR count). The van der Waals surface area contributed by atoms with Crippen LogP contribution in [-0.2, 0) is 20.5 Å². The van der Waals surface area contributed by atoms with Gasteiger partial charge >= 0.3 is 12.1 Å². The van der Waals surface area contributed by atoms with Crippen LogP contribution < -0.4 is 4.90 Å². The van der Waals surface area contributed by atoms with Crippen molar-refractivity contribution < 1.29 is 27.5 Å². The first-order chi connectivity index (χ1) is 10.2. The van der Waals surface area contributed by atoms with Crippen molar-refractivity contribution in [3.63, 3.8) is 0 Å². The van der Waals surface area contributed by atoms with E-state index in [0.717, 1.165) is 23.9 Å². The lowest BCUT2D eigenvalue weighted by Gasteiger charge is -2.17. The Morgan fingerprint density at radius 2 is 2.09 bits per heavy atom. The standard InChI is InChI=1S/C14H14F3NO3S/c1-8(2)12(20)21-13-11(19)18(7-22-13)10-5-3-4-9(6-10)14(15,16)17/h3-6,8,13H,7H2,1-2H3. The van der Waals surface area contributed by atoms with Crippen LogP contribution in [0.5, 0.6) is 0 Å². The highest BCUT2D eigenvalue weighted by Gasteiger charge is 2.38. The maximum Gasteiger partial charge on any atom is 0.416 e. The van der Waals surface area contributed by atoms with Gasteiger partial charge in [-0.05, 0) is 18.2 Å². The van der Waals surface area contributed by atoms with Crippen LogP contribution in [0.2, 0.25) is 0 Å². The summed E-state index contributed by atoms with van der Waals surface area (Å²) < 4.78 is 43.2. The first-order valence-corrected chi connectivity index (χ1v) is 7.56. The predicted octanol–water partition coefficient (Wildman–Crippen LogP) is 3.27. The zero-order chi connectivity index (χ0) is 16.5. The second kappa shape index (κ2) is 6.20. The molecule has 1 aromatic rings. The minimum absolute atomic E-state index is 0.135. The Hall–Kier alpha value is -1.70.